The number of guanidine groups is 1. The molecule has 15 heavy (non-hydrogen) atoms. The minimum absolute atomic E-state index is 0.0921. The first-order valence-electron chi connectivity index (χ1n) is 4.05. The zero-order chi connectivity index (χ0) is 11.4. The second kappa shape index (κ2) is 5.00. The first-order valence-corrected chi connectivity index (χ1v) is 4.81. The lowest BCUT2D eigenvalue weighted by Gasteiger charge is -2.00. The van der Waals surface area contributed by atoms with Crippen LogP contribution in [-0.4, -0.2) is 11.9 Å². The van der Waals surface area contributed by atoms with Crippen LogP contribution in [0.15, 0.2) is 23.2 Å². The summed E-state index contributed by atoms with van der Waals surface area (Å²) in [6, 6.07) is 4.90. The Balaban J connectivity index is 2.78. The fourth-order valence-corrected chi connectivity index (χ4v) is 1.33. The quantitative estimate of drug-likeness (QED) is 0.610. The van der Waals surface area contributed by atoms with E-state index in [0.29, 0.717) is 15.6 Å². The first-order chi connectivity index (χ1) is 6.99. The number of nitrogens with zero attached hydrogens (tertiary/aromatic N) is 1. The van der Waals surface area contributed by atoms with E-state index in [1.807, 2.05) is 0 Å². The van der Waals surface area contributed by atoms with E-state index in [1.165, 1.54) is 0 Å². The minimum atomic E-state index is -0.423. The maximum Gasteiger partial charge on any atom is 0.253 e. The van der Waals surface area contributed by atoms with Crippen molar-refractivity contribution in [2.24, 2.45) is 16.5 Å². The normalized spacial score (nSPS) is 9.73. The van der Waals surface area contributed by atoms with Crippen LogP contribution in [-0.2, 0) is 11.2 Å². The Bertz CT molecular complexity index is 414. The maximum absolute atomic E-state index is 11.2. The average molecular weight is 246 g/mol. The number of hydrogen-bond acceptors (Lipinski definition) is 1. The number of amides is 1. The molecule has 0 unspecified atom stereocenters. The fourth-order valence-electron chi connectivity index (χ4n) is 1.01. The van der Waals surface area contributed by atoms with Gasteiger partial charge in [-0.25, -0.2) is 0 Å². The summed E-state index contributed by atoms with van der Waals surface area (Å²) < 4.78 is 0. The van der Waals surface area contributed by atoms with Crippen molar-refractivity contribution in [3.05, 3.63) is 33.8 Å². The minimum Gasteiger partial charge on any atom is -0.370 e. The van der Waals surface area contributed by atoms with Gasteiger partial charge in [0.05, 0.1) is 16.5 Å². The Kier molecular flexibility index (Phi) is 3.94. The van der Waals surface area contributed by atoms with E-state index in [4.69, 9.17) is 34.7 Å². The largest absolute Gasteiger partial charge is 0.370 e. The fraction of sp³-hybridized carbons (Fsp3) is 0.111. The monoisotopic (exact) mass is 245 g/mol. The zero-order valence-electron chi connectivity index (χ0n) is 7.71. The summed E-state index contributed by atoms with van der Waals surface area (Å²) in [5.41, 5.74) is 10.8. The van der Waals surface area contributed by atoms with Crippen molar-refractivity contribution in [3.63, 3.8) is 0 Å². The van der Waals surface area contributed by atoms with Crippen molar-refractivity contribution < 1.29 is 4.79 Å². The van der Waals surface area contributed by atoms with Crippen molar-refractivity contribution in [3.8, 4) is 0 Å². The Labute approximate surface area is 96.9 Å². The van der Waals surface area contributed by atoms with Crippen LogP contribution in [0.4, 0.5) is 0 Å². The van der Waals surface area contributed by atoms with Crippen LogP contribution in [0.1, 0.15) is 5.56 Å². The molecule has 0 radical (unpaired) electrons. The van der Waals surface area contributed by atoms with Crippen molar-refractivity contribution in [1.29, 1.82) is 0 Å². The molecule has 1 rings (SSSR count). The summed E-state index contributed by atoms with van der Waals surface area (Å²) in [6.45, 7) is 0. The van der Waals surface area contributed by atoms with Gasteiger partial charge in [0.1, 0.15) is 0 Å². The molecule has 0 aromatic heterocycles. The molecule has 0 aliphatic heterocycles. The van der Waals surface area contributed by atoms with Crippen molar-refractivity contribution in [2.75, 3.05) is 0 Å². The summed E-state index contributed by atoms with van der Waals surface area (Å²) in [5.74, 6) is -0.673. The van der Waals surface area contributed by atoms with Gasteiger partial charge in [0.15, 0.2) is 5.96 Å². The molecule has 0 aliphatic rings. The van der Waals surface area contributed by atoms with E-state index in [2.05, 4.69) is 4.99 Å². The van der Waals surface area contributed by atoms with Gasteiger partial charge in [0.25, 0.3) is 5.91 Å². The molecule has 4 N–H and O–H groups in total. The third-order valence-corrected chi connectivity index (χ3v) is 2.33. The Morgan fingerprint density at radius 1 is 1.27 bits per heavy atom. The van der Waals surface area contributed by atoms with Gasteiger partial charge >= 0.3 is 0 Å². The third-order valence-electron chi connectivity index (χ3n) is 1.59. The number of benzene rings is 1. The average Bonchev–Trinajstić information content (AvgIpc) is 2.10. The molecule has 0 heterocycles. The van der Waals surface area contributed by atoms with Gasteiger partial charge in [-0.15, -0.1) is 0 Å². The SMILES string of the molecule is NC(N)=NC(=O)Cc1ccc(Cl)c(Cl)c1. The molecular weight excluding hydrogens is 237 g/mol. The molecule has 1 amide bonds. The molecule has 0 saturated carbocycles. The first kappa shape index (κ1) is 11.8. The second-order valence-corrected chi connectivity index (χ2v) is 3.67. The standard InChI is InChI=1S/C9H9Cl2N3O/c10-6-2-1-5(3-7(6)11)4-8(15)14-9(12)13/h1-3H,4H2,(H4,12,13,14,15). The van der Waals surface area contributed by atoms with Gasteiger partial charge in [0, 0.05) is 0 Å². The van der Waals surface area contributed by atoms with Crippen molar-refractivity contribution >= 4 is 35.1 Å². The van der Waals surface area contributed by atoms with Crippen LogP contribution in [0.2, 0.25) is 10.0 Å². The lowest BCUT2D eigenvalue weighted by Crippen LogP contribution is -2.24. The van der Waals surface area contributed by atoms with Crippen LogP contribution in [0, 0.1) is 0 Å². The second-order valence-electron chi connectivity index (χ2n) is 2.86. The van der Waals surface area contributed by atoms with E-state index in [1.54, 1.807) is 18.2 Å². The number of nitrogens with two attached hydrogens (primary N) is 2. The number of carbonyl (C=O) groups excluding carboxylic acids is 1. The highest BCUT2D eigenvalue weighted by Crippen LogP contribution is 2.22. The molecule has 0 spiro atoms. The molecule has 0 aliphatic carbocycles. The molecule has 1 aromatic carbocycles. The van der Waals surface area contributed by atoms with Crippen LogP contribution in [0.3, 0.4) is 0 Å². The zero-order valence-corrected chi connectivity index (χ0v) is 9.22. The van der Waals surface area contributed by atoms with Gasteiger partial charge in [-0.2, -0.15) is 4.99 Å². The maximum atomic E-state index is 11.2. The number of aliphatic imine (C=N–C) groups is 1. The van der Waals surface area contributed by atoms with E-state index >= 15 is 0 Å². The molecular formula is C9H9Cl2N3O. The van der Waals surface area contributed by atoms with Crippen LogP contribution in [0.5, 0.6) is 0 Å². The Hall–Kier alpha value is -1.26. The molecule has 0 saturated heterocycles. The molecule has 0 bridgehead atoms. The topological polar surface area (TPSA) is 81.5 Å². The number of carbonyl (C=O) groups is 1. The summed E-state index contributed by atoms with van der Waals surface area (Å²) >= 11 is 11.5. The van der Waals surface area contributed by atoms with Gasteiger partial charge in [0.2, 0.25) is 0 Å². The van der Waals surface area contributed by atoms with E-state index < -0.39 is 5.91 Å². The van der Waals surface area contributed by atoms with E-state index in [-0.39, 0.29) is 12.4 Å². The highest BCUT2D eigenvalue weighted by atomic mass is 35.5. The smallest absolute Gasteiger partial charge is 0.253 e. The molecule has 0 fully saturated rings. The molecule has 80 valence electrons. The van der Waals surface area contributed by atoms with Crippen LogP contribution >= 0.6 is 23.2 Å². The predicted molar refractivity (Wildman–Crippen MR) is 61.0 cm³/mol. The Morgan fingerprint density at radius 3 is 2.47 bits per heavy atom. The summed E-state index contributed by atoms with van der Waals surface area (Å²) in [7, 11) is 0. The highest BCUT2D eigenvalue weighted by molar-refractivity contribution is 6.42. The summed E-state index contributed by atoms with van der Waals surface area (Å²) in [6.07, 6.45) is 0.0921. The van der Waals surface area contributed by atoms with Gasteiger partial charge in [-0.05, 0) is 17.7 Å². The summed E-state index contributed by atoms with van der Waals surface area (Å²) in [4.78, 5) is 14.6. The Morgan fingerprint density at radius 2 is 1.93 bits per heavy atom. The third kappa shape index (κ3) is 3.77. The molecule has 1 aromatic rings. The van der Waals surface area contributed by atoms with Gasteiger partial charge in [-0.1, -0.05) is 29.3 Å². The summed E-state index contributed by atoms with van der Waals surface area (Å²) in [5, 5.41) is 0.835. The van der Waals surface area contributed by atoms with Gasteiger partial charge in [-0.3, -0.25) is 4.79 Å². The molecule has 4 nitrogen and oxygen atoms in total. The van der Waals surface area contributed by atoms with E-state index in [9.17, 15) is 4.79 Å². The molecule has 0 atom stereocenters. The number of rotatable bonds is 2. The lowest BCUT2D eigenvalue weighted by molar-refractivity contribution is -0.117. The highest BCUT2D eigenvalue weighted by Gasteiger charge is 2.04. The number of halogens is 2. The van der Waals surface area contributed by atoms with Crippen LogP contribution in [0.25, 0.3) is 0 Å². The van der Waals surface area contributed by atoms with Crippen molar-refractivity contribution in [1.82, 2.24) is 0 Å². The van der Waals surface area contributed by atoms with Crippen LogP contribution < -0.4 is 11.5 Å². The molecule has 6 heteroatoms. The number of hydrogen-bond donors (Lipinski definition) is 2. The lowest BCUT2D eigenvalue weighted by atomic mass is 10.1. The van der Waals surface area contributed by atoms with Gasteiger partial charge < -0.3 is 11.5 Å². The predicted octanol–water partition coefficient (Wildman–Crippen LogP) is 1.34. The van der Waals surface area contributed by atoms with Crippen molar-refractivity contribution in [2.45, 2.75) is 6.42 Å². The van der Waals surface area contributed by atoms with E-state index in [0.717, 1.165) is 0 Å².